The van der Waals surface area contributed by atoms with Crippen LogP contribution in [0.3, 0.4) is 0 Å². The normalized spacial score (nSPS) is 10.1. The van der Waals surface area contributed by atoms with Crippen LogP contribution in [-0.2, 0) is 0 Å². The molecule has 0 amide bonds. The van der Waals surface area contributed by atoms with Crippen LogP contribution in [0, 0.1) is 11.8 Å². The number of hydrogen-bond donors (Lipinski definition) is 1. The Kier molecular flexibility index (Phi) is 2.10. The van der Waals surface area contributed by atoms with Crippen molar-refractivity contribution in [3.8, 4) is 11.3 Å². The Labute approximate surface area is 80.9 Å². The third kappa shape index (κ3) is 1.31. The lowest BCUT2D eigenvalue weighted by Crippen LogP contribution is -1.76. The van der Waals surface area contributed by atoms with Crippen molar-refractivity contribution in [2.75, 3.05) is 0 Å². The number of aromatic nitrogens is 2. The minimum atomic E-state index is 0.385. The summed E-state index contributed by atoms with van der Waals surface area (Å²) in [5, 5.41) is 9.74. The van der Waals surface area contributed by atoms with E-state index in [2.05, 4.69) is 15.4 Å². The standard InChI is InChI=1S/C10H9N3O/c1-7-9(13-14)10(12-11-7)8-5-3-2-4-6-8/h2-6H,1H3,(H,11,12). The van der Waals surface area contributed by atoms with Gasteiger partial charge in [-0.2, -0.15) is 5.10 Å². The Morgan fingerprint density at radius 3 is 2.64 bits per heavy atom. The van der Waals surface area contributed by atoms with Crippen LogP contribution in [0.25, 0.3) is 11.3 Å². The molecule has 0 fully saturated rings. The minimum absolute atomic E-state index is 0.385. The van der Waals surface area contributed by atoms with E-state index in [0.29, 0.717) is 17.1 Å². The summed E-state index contributed by atoms with van der Waals surface area (Å²) in [6.45, 7) is 1.77. The lowest BCUT2D eigenvalue weighted by Gasteiger charge is -1.95. The van der Waals surface area contributed by atoms with E-state index in [1.54, 1.807) is 6.92 Å². The number of nitrogens with one attached hydrogen (secondary N) is 1. The van der Waals surface area contributed by atoms with Gasteiger partial charge in [-0.1, -0.05) is 30.3 Å². The number of aromatic amines is 1. The van der Waals surface area contributed by atoms with Crippen LogP contribution in [0.1, 0.15) is 5.69 Å². The fourth-order valence-electron chi connectivity index (χ4n) is 1.33. The van der Waals surface area contributed by atoms with E-state index in [1.807, 2.05) is 30.3 Å². The molecule has 0 spiro atoms. The van der Waals surface area contributed by atoms with Gasteiger partial charge in [0.05, 0.1) is 5.69 Å². The fourth-order valence-corrected chi connectivity index (χ4v) is 1.33. The van der Waals surface area contributed by atoms with Crippen LogP contribution in [-0.4, -0.2) is 10.2 Å². The number of nitrogens with zero attached hydrogens (tertiary/aromatic N) is 2. The summed E-state index contributed by atoms with van der Waals surface area (Å²) in [6.07, 6.45) is 0. The number of benzene rings is 1. The van der Waals surface area contributed by atoms with Crippen molar-refractivity contribution in [2.24, 2.45) is 5.18 Å². The molecule has 0 saturated heterocycles. The monoisotopic (exact) mass is 187 g/mol. The van der Waals surface area contributed by atoms with E-state index >= 15 is 0 Å². The molecule has 2 rings (SSSR count). The van der Waals surface area contributed by atoms with Gasteiger partial charge in [-0.3, -0.25) is 5.10 Å². The van der Waals surface area contributed by atoms with Crippen molar-refractivity contribution in [1.29, 1.82) is 0 Å². The van der Waals surface area contributed by atoms with Crippen molar-refractivity contribution in [3.63, 3.8) is 0 Å². The SMILES string of the molecule is Cc1[nH]nc(-c2ccccc2)c1N=O. The Hall–Kier alpha value is -1.97. The van der Waals surface area contributed by atoms with Gasteiger partial charge in [-0.25, -0.2) is 0 Å². The Balaban J connectivity index is 2.57. The van der Waals surface area contributed by atoms with Gasteiger partial charge in [0, 0.05) is 5.56 Å². The molecule has 4 heteroatoms. The van der Waals surface area contributed by atoms with Crippen LogP contribution in [0.5, 0.6) is 0 Å². The van der Waals surface area contributed by atoms with Crippen LogP contribution >= 0.6 is 0 Å². The summed E-state index contributed by atoms with van der Waals surface area (Å²) >= 11 is 0. The van der Waals surface area contributed by atoms with Gasteiger partial charge in [0.15, 0.2) is 5.69 Å². The molecule has 2 aromatic rings. The topological polar surface area (TPSA) is 58.1 Å². The summed E-state index contributed by atoms with van der Waals surface area (Å²) < 4.78 is 0. The average molecular weight is 187 g/mol. The van der Waals surface area contributed by atoms with Gasteiger partial charge in [0.25, 0.3) is 0 Å². The molecule has 0 saturated carbocycles. The molecule has 4 nitrogen and oxygen atoms in total. The third-order valence-corrected chi connectivity index (χ3v) is 2.05. The summed E-state index contributed by atoms with van der Waals surface area (Å²) in [7, 11) is 0. The molecule has 1 aromatic carbocycles. The largest absolute Gasteiger partial charge is 0.280 e. The van der Waals surface area contributed by atoms with E-state index in [0.717, 1.165) is 5.56 Å². The van der Waals surface area contributed by atoms with Crippen LogP contribution < -0.4 is 0 Å². The van der Waals surface area contributed by atoms with Gasteiger partial charge in [0.2, 0.25) is 0 Å². The van der Waals surface area contributed by atoms with Crippen molar-refractivity contribution in [2.45, 2.75) is 6.92 Å². The minimum Gasteiger partial charge on any atom is -0.280 e. The van der Waals surface area contributed by atoms with Crippen molar-refractivity contribution in [3.05, 3.63) is 40.9 Å². The zero-order chi connectivity index (χ0) is 9.97. The first-order chi connectivity index (χ1) is 6.83. The highest BCUT2D eigenvalue weighted by molar-refractivity contribution is 5.73. The molecule has 1 heterocycles. The Morgan fingerprint density at radius 2 is 2.00 bits per heavy atom. The van der Waals surface area contributed by atoms with Crippen molar-refractivity contribution < 1.29 is 0 Å². The second-order valence-electron chi connectivity index (χ2n) is 3.00. The highest BCUT2D eigenvalue weighted by Crippen LogP contribution is 2.30. The lowest BCUT2D eigenvalue weighted by molar-refractivity contribution is 1.05. The summed E-state index contributed by atoms with van der Waals surface area (Å²) in [5.74, 6) is 0. The second-order valence-corrected chi connectivity index (χ2v) is 3.00. The molecule has 14 heavy (non-hydrogen) atoms. The number of nitroso groups, excluding NO2 is 1. The summed E-state index contributed by atoms with van der Waals surface area (Å²) in [6, 6.07) is 9.49. The quantitative estimate of drug-likeness (QED) is 0.735. The lowest BCUT2D eigenvalue weighted by atomic mass is 10.1. The van der Waals surface area contributed by atoms with E-state index < -0.39 is 0 Å². The van der Waals surface area contributed by atoms with Crippen LogP contribution in [0.15, 0.2) is 35.5 Å². The van der Waals surface area contributed by atoms with E-state index in [-0.39, 0.29) is 0 Å². The highest BCUT2D eigenvalue weighted by Gasteiger charge is 2.11. The van der Waals surface area contributed by atoms with E-state index in [9.17, 15) is 4.91 Å². The first-order valence-corrected chi connectivity index (χ1v) is 4.26. The molecule has 0 radical (unpaired) electrons. The zero-order valence-corrected chi connectivity index (χ0v) is 7.69. The molecule has 0 aliphatic heterocycles. The number of H-pyrrole nitrogens is 1. The molecule has 70 valence electrons. The maximum atomic E-state index is 10.6. The van der Waals surface area contributed by atoms with Gasteiger partial charge in [-0.15, -0.1) is 4.91 Å². The second kappa shape index (κ2) is 3.41. The molecule has 0 atom stereocenters. The maximum absolute atomic E-state index is 10.6. The fraction of sp³-hybridized carbons (Fsp3) is 0.100. The molecule has 0 aliphatic rings. The Bertz CT molecular complexity index is 448. The molecule has 0 unspecified atom stereocenters. The predicted octanol–water partition coefficient (Wildman–Crippen LogP) is 2.78. The summed E-state index contributed by atoms with van der Waals surface area (Å²) in [5.41, 5.74) is 2.58. The van der Waals surface area contributed by atoms with Crippen LogP contribution in [0.4, 0.5) is 5.69 Å². The zero-order valence-electron chi connectivity index (χ0n) is 7.69. The number of rotatable bonds is 2. The van der Waals surface area contributed by atoms with Crippen molar-refractivity contribution >= 4 is 5.69 Å². The van der Waals surface area contributed by atoms with E-state index in [1.165, 1.54) is 0 Å². The van der Waals surface area contributed by atoms with Crippen molar-refractivity contribution in [1.82, 2.24) is 10.2 Å². The average Bonchev–Trinajstić information content (AvgIpc) is 2.61. The molecule has 0 bridgehead atoms. The third-order valence-electron chi connectivity index (χ3n) is 2.05. The molecular formula is C10H9N3O. The van der Waals surface area contributed by atoms with E-state index in [4.69, 9.17) is 0 Å². The highest BCUT2D eigenvalue weighted by atomic mass is 16.3. The van der Waals surface area contributed by atoms with Crippen LogP contribution in [0.2, 0.25) is 0 Å². The molecule has 0 aliphatic carbocycles. The molecule has 1 N–H and O–H groups in total. The van der Waals surface area contributed by atoms with Gasteiger partial charge in [0.1, 0.15) is 5.69 Å². The summed E-state index contributed by atoms with van der Waals surface area (Å²) in [4.78, 5) is 10.6. The predicted molar refractivity (Wildman–Crippen MR) is 54.2 cm³/mol. The number of aryl methyl sites for hydroxylation is 1. The van der Waals surface area contributed by atoms with Gasteiger partial charge < -0.3 is 0 Å². The Morgan fingerprint density at radius 1 is 1.29 bits per heavy atom. The molecular weight excluding hydrogens is 178 g/mol. The maximum Gasteiger partial charge on any atom is 0.156 e. The number of hydrogen-bond acceptors (Lipinski definition) is 3. The smallest absolute Gasteiger partial charge is 0.156 e. The van der Waals surface area contributed by atoms with Gasteiger partial charge >= 0.3 is 0 Å². The molecule has 1 aromatic heterocycles. The van der Waals surface area contributed by atoms with Gasteiger partial charge in [-0.05, 0) is 12.1 Å². The first-order valence-electron chi connectivity index (χ1n) is 4.26. The first kappa shape index (κ1) is 8.62.